The summed E-state index contributed by atoms with van der Waals surface area (Å²) in [6.07, 6.45) is 3.81. The molecule has 130 valence electrons. The lowest BCUT2D eigenvalue weighted by molar-refractivity contribution is -0.141. The smallest absolute Gasteiger partial charge is 0.227 e. The van der Waals surface area contributed by atoms with E-state index >= 15 is 0 Å². The van der Waals surface area contributed by atoms with Crippen LogP contribution in [0.5, 0.6) is 0 Å². The molecule has 0 radical (unpaired) electrons. The molecule has 1 saturated carbocycles. The van der Waals surface area contributed by atoms with Gasteiger partial charge in [0.1, 0.15) is 0 Å². The Balaban J connectivity index is 1.63. The molecule has 2 aliphatic rings. The zero-order chi connectivity index (χ0) is 17.3. The number of carbonyl (C=O) groups is 2. The normalized spacial score (nSPS) is 22.1. The Morgan fingerprint density at radius 1 is 1.17 bits per heavy atom. The third kappa shape index (κ3) is 3.75. The highest BCUT2D eigenvalue weighted by Gasteiger charge is 2.37. The van der Waals surface area contributed by atoms with Crippen LogP contribution in [0.4, 0.5) is 0 Å². The van der Waals surface area contributed by atoms with Crippen LogP contribution in [0.25, 0.3) is 0 Å². The second-order valence-electron chi connectivity index (χ2n) is 7.07. The summed E-state index contributed by atoms with van der Waals surface area (Å²) in [6.45, 7) is 3.40. The summed E-state index contributed by atoms with van der Waals surface area (Å²) < 4.78 is 0. The molecule has 1 aliphatic heterocycles. The number of likely N-dealkylation sites (tertiary alicyclic amines) is 1. The molecular weight excluding hydrogens is 324 g/mol. The number of carbonyl (C=O) groups excluding carboxylic acids is 2. The van der Waals surface area contributed by atoms with Crippen LogP contribution < -0.4 is 0 Å². The van der Waals surface area contributed by atoms with Crippen LogP contribution in [0, 0.1) is 11.8 Å². The molecule has 1 aromatic carbocycles. The average Bonchev–Trinajstić information content (AvgIpc) is 3.45. The second kappa shape index (κ2) is 7.14. The minimum Gasteiger partial charge on any atom is -0.342 e. The maximum absolute atomic E-state index is 12.9. The first kappa shape index (κ1) is 17.3. The van der Waals surface area contributed by atoms with Crippen molar-refractivity contribution in [1.29, 1.82) is 0 Å². The summed E-state index contributed by atoms with van der Waals surface area (Å²) in [6, 6.07) is 7.61. The van der Waals surface area contributed by atoms with Gasteiger partial charge in [0.15, 0.2) is 0 Å². The summed E-state index contributed by atoms with van der Waals surface area (Å²) >= 11 is 5.94. The first-order valence-corrected chi connectivity index (χ1v) is 9.16. The van der Waals surface area contributed by atoms with Gasteiger partial charge in [0.2, 0.25) is 11.8 Å². The van der Waals surface area contributed by atoms with Crippen LogP contribution in [-0.4, -0.2) is 41.8 Å². The van der Waals surface area contributed by atoms with Gasteiger partial charge in [-0.2, -0.15) is 0 Å². The average molecular weight is 349 g/mol. The molecule has 1 aromatic rings. The van der Waals surface area contributed by atoms with Gasteiger partial charge in [-0.1, -0.05) is 23.7 Å². The molecule has 0 aromatic heterocycles. The Kier molecular flexibility index (Phi) is 5.14. The molecule has 3 rings (SSSR count). The molecule has 2 fully saturated rings. The van der Waals surface area contributed by atoms with Crippen LogP contribution in [0.1, 0.15) is 44.2 Å². The highest BCUT2D eigenvalue weighted by molar-refractivity contribution is 6.30. The minimum absolute atomic E-state index is 0.00993. The lowest BCUT2D eigenvalue weighted by Crippen LogP contribution is -2.46. The van der Waals surface area contributed by atoms with Gasteiger partial charge in [-0.05, 0) is 50.3 Å². The van der Waals surface area contributed by atoms with E-state index < -0.39 is 0 Å². The van der Waals surface area contributed by atoms with Crippen molar-refractivity contribution in [3.63, 3.8) is 0 Å². The predicted molar refractivity (Wildman–Crippen MR) is 94.7 cm³/mol. The summed E-state index contributed by atoms with van der Waals surface area (Å²) in [4.78, 5) is 28.9. The number of nitrogens with zero attached hydrogens (tertiary/aromatic N) is 2. The molecule has 2 amide bonds. The van der Waals surface area contributed by atoms with E-state index in [1.54, 1.807) is 4.90 Å². The Morgan fingerprint density at radius 3 is 2.46 bits per heavy atom. The molecule has 1 aliphatic carbocycles. The van der Waals surface area contributed by atoms with Crippen molar-refractivity contribution in [2.24, 2.45) is 11.8 Å². The number of hydrogen-bond acceptors (Lipinski definition) is 2. The summed E-state index contributed by atoms with van der Waals surface area (Å²) in [5.41, 5.74) is 1.07. The summed E-state index contributed by atoms with van der Waals surface area (Å²) in [5.74, 6) is 0.525. The van der Waals surface area contributed by atoms with E-state index in [2.05, 4.69) is 0 Å². The van der Waals surface area contributed by atoms with Crippen LogP contribution in [0.2, 0.25) is 5.02 Å². The van der Waals surface area contributed by atoms with E-state index in [-0.39, 0.29) is 29.7 Å². The number of amides is 2. The molecule has 1 saturated heterocycles. The standard InChI is InChI=1S/C19H25ClN2O2/c1-13(14-7-9-17(20)10-8-14)21(2)18(23)16-4-3-11-22(12-16)19(24)15-5-6-15/h7-10,13,15-16H,3-6,11-12H2,1-2H3/t13-,16-/m0/s1. The highest BCUT2D eigenvalue weighted by atomic mass is 35.5. The molecule has 0 N–H and O–H groups in total. The van der Waals surface area contributed by atoms with E-state index in [1.807, 2.05) is 43.1 Å². The van der Waals surface area contributed by atoms with Gasteiger partial charge < -0.3 is 9.80 Å². The lowest BCUT2D eigenvalue weighted by Gasteiger charge is -2.36. The molecule has 5 heteroatoms. The molecule has 0 bridgehead atoms. The zero-order valence-corrected chi connectivity index (χ0v) is 15.1. The molecule has 4 nitrogen and oxygen atoms in total. The van der Waals surface area contributed by atoms with Gasteiger partial charge in [0.25, 0.3) is 0 Å². The second-order valence-corrected chi connectivity index (χ2v) is 7.51. The largest absolute Gasteiger partial charge is 0.342 e. The Labute approximate surface area is 148 Å². The first-order valence-electron chi connectivity index (χ1n) is 8.78. The lowest BCUT2D eigenvalue weighted by atomic mass is 9.95. The SMILES string of the molecule is C[C@@H](c1ccc(Cl)cc1)N(C)C(=O)[C@H]1CCCN(C(=O)C2CC2)C1. The van der Waals surface area contributed by atoms with Gasteiger partial charge >= 0.3 is 0 Å². The van der Waals surface area contributed by atoms with E-state index in [0.29, 0.717) is 11.6 Å². The number of piperidine rings is 1. The predicted octanol–water partition coefficient (Wildman–Crippen LogP) is 3.51. The van der Waals surface area contributed by atoms with Gasteiger partial charge in [-0.3, -0.25) is 9.59 Å². The van der Waals surface area contributed by atoms with E-state index in [1.165, 1.54) is 0 Å². The van der Waals surface area contributed by atoms with Crippen molar-refractivity contribution in [2.75, 3.05) is 20.1 Å². The molecule has 0 unspecified atom stereocenters. The topological polar surface area (TPSA) is 40.6 Å². The minimum atomic E-state index is -0.0822. The van der Waals surface area contributed by atoms with E-state index in [4.69, 9.17) is 11.6 Å². The molecule has 1 heterocycles. The molecule has 2 atom stereocenters. The Bertz CT molecular complexity index is 612. The van der Waals surface area contributed by atoms with Crippen molar-refractivity contribution < 1.29 is 9.59 Å². The van der Waals surface area contributed by atoms with Crippen LogP contribution in [0.3, 0.4) is 0 Å². The maximum Gasteiger partial charge on any atom is 0.227 e. The first-order chi connectivity index (χ1) is 11.5. The van der Waals surface area contributed by atoms with Crippen molar-refractivity contribution in [1.82, 2.24) is 9.80 Å². The van der Waals surface area contributed by atoms with Gasteiger partial charge in [-0.15, -0.1) is 0 Å². The van der Waals surface area contributed by atoms with Crippen molar-refractivity contribution in [2.45, 2.75) is 38.6 Å². The summed E-state index contributed by atoms with van der Waals surface area (Å²) in [5, 5.41) is 0.696. The maximum atomic E-state index is 12.9. The fourth-order valence-corrected chi connectivity index (χ4v) is 3.54. The highest BCUT2D eigenvalue weighted by Crippen LogP contribution is 2.33. The third-order valence-electron chi connectivity index (χ3n) is 5.29. The monoisotopic (exact) mass is 348 g/mol. The third-order valence-corrected chi connectivity index (χ3v) is 5.54. The van der Waals surface area contributed by atoms with Crippen molar-refractivity contribution >= 4 is 23.4 Å². The van der Waals surface area contributed by atoms with Gasteiger partial charge in [0.05, 0.1) is 12.0 Å². The molecular formula is C19H25ClN2O2. The number of hydrogen-bond donors (Lipinski definition) is 0. The number of rotatable bonds is 4. The number of benzene rings is 1. The van der Waals surface area contributed by atoms with Crippen LogP contribution in [-0.2, 0) is 9.59 Å². The zero-order valence-electron chi connectivity index (χ0n) is 14.4. The Morgan fingerprint density at radius 2 is 1.83 bits per heavy atom. The van der Waals surface area contributed by atoms with Crippen molar-refractivity contribution in [3.8, 4) is 0 Å². The fourth-order valence-electron chi connectivity index (χ4n) is 3.41. The molecule has 24 heavy (non-hydrogen) atoms. The van der Waals surface area contributed by atoms with Crippen LogP contribution in [0.15, 0.2) is 24.3 Å². The fraction of sp³-hybridized carbons (Fsp3) is 0.579. The quantitative estimate of drug-likeness (QED) is 0.835. The molecule has 0 spiro atoms. The van der Waals surface area contributed by atoms with E-state index in [9.17, 15) is 9.59 Å². The summed E-state index contributed by atoms with van der Waals surface area (Å²) in [7, 11) is 1.85. The van der Waals surface area contributed by atoms with Crippen LogP contribution >= 0.6 is 11.6 Å². The van der Waals surface area contributed by atoms with E-state index in [0.717, 1.165) is 37.8 Å². The number of halogens is 1. The van der Waals surface area contributed by atoms with Crippen molar-refractivity contribution in [3.05, 3.63) is 34.9 Å². The van der Waals surface area contributed by atoms with Gasteiger partial charge in [0, 0.05) is 31.1 Å². The Hall–Kier alpha value is -1.55. The van der Waals surface area contributed by atoms with Gasteiger partial charge in [-0.25, -0.2) is 0 Å².